The predicted octanol–water partition coefficient (Wildman–Crippen LogP) is 1.64. The highest BCUT2D eigenvalue weighted by Gasteiger charge is 2.26. The van der Waals surface area contributed by atoms with E-state index in [1.165, 1.54) is 5.56 Å². The van der Waals surface area contributed by atoms with Gasteiger partial charge in [0, 0.05) is 19.6 Å². The summed E-state index contributed by atoms with van der Waals surface area (Å²) >= 11 is 0. The zero-order chi connectivity index (χ0) is 17.6. The lowest BCUT2D eigenvalue weighted by Crippen LogP contribution is -2.47. The van der Waals surface area contributed by atoms with Crippen LogP contribution in [0, 0.1) is 12.8 Å². The SMILES string of the molecule is Cc1ccc(CC(=O)N2CCC[C@H](CNC(=O)[C@H]3CCCN3)C2)cc1. The van der Waals surface area contributed by atoms with Gasteiger partial charge in [-0.3, -0.25) is 9.59 Å². The maximum Gasteiger partial charge on any atom is 0.237 e. The summed E-state index contributed by atoms with van der Waals surface area (Å²) in [5.41, 5.74) is 2.28. The van der Waals surface area contributed by atoms with E-state index in [2.05, 4.69) is 17.6 Å². The van der Waals surface area contributed by atoms with Crippen molar-refractivity contribution in [1.29, 1.82) is 0 Å². The number of carbonyl (C=O) groups is 2. The highest BCUT2D eigenvalue weighted by Crippen LogP contribution is 2.17. The first-order chi connectivity index (χ1) is 12.1. The number of carbonyl (C=O) groups excluding carboxylic acids is 2. The van der Waals surface area contributed by atoms with Gasteiger partial charge in [-0.05, 0) is 50.6 Å². The molecule has 1 aromatic rings. The summed E-state index contributed by atoms with van der Waals surface area (Å²) in [6.07, 6.45) is 4.56. The van der Waals surface area contributed by atoms with Crippen molar-refractivity contribution in [2.24, 2.45) is 5.92 Å². The van der Waals surface area contributed by atoms with E-state index >= 15 is 0 Å². The molecule has 0 aliphatic carbocycles. The number of likely N-dealkylation sites (tertiary alicyclic amines) is 1. The topological polar surface area (TPSA) is 61.4 Å². The number of hydrogen-bond donors (Lipinski definition) is 2. The van der Waals surface area contributed by atoms with Crippen LogP contribution in [0.2, 0.25) is 0 Å². The predicted molar refractivity (Wildman–Crippen MR) is 98.2 cm³/mol. The summed E-state index contributed by atoms with van der Waals surface area (Å²) in [4.78, 5) is 26.7. The molecule has 0 bridgehead atoms. The van der Waals surface area contributed by atoms with E-state index in [1.54, 1.807) is 0 Å². The van der Waals surface area contributed by atoms with Crippen LogP contribution in [0.1, 0.15) is 36.8 Å². The Balaban J connectivity index is 1.46. The summed E-state index contributed by atoms with van der Waals surface area (Å²) in [6.45, 7) is 5.24. The van der Waals surface area contributed by atoms with Crippen molar-refractivity contribution in [1.82, 2.24) is 15.5 Å². The Morgan fingerprint density at radius 2 is 2.00 bits per heavy atom. The summed E-state index contributed by atoms with van der Waals surface area (Å²) in [5, 5.41) is 6.30. The molecule has 0 spiro atoms. The van der Waals surface area contributed by atoms with E-state index in [1.807, 2.05) is 29.2 Å². The highest BCUT2D eigenvalue weighted by atomic mass is 16.2. The first-order valence-corrected chi connectivity index (χ1v) is 9.46. The number of nitrogens with one attached hydrogen (secondary N) is 2. The van der Waals surface area contributed by atoms with E-state index in [0.29, 0.717) is 18.9 Å². The molecule has 2 heterocycles. The maximum absolute atomic E-state index is 12.6. The number of piperidine rings is 1. The molecule has 5 heteroatoms. The lowest BCUT2D eigenvalue weighted by atomic mass is 9.97. The third kappa shape index (κ3) is 5.05. The summed E-state index contributed by atoms with van der Waals surface area (Å²) in [7, 11) is 0. The third-order valence-electron chi connectivity index (χ3n) is 5.29. The molecule has 3 rings (SSSR count). The van der Waals surface area contributed by atoms with Gasteiger partial charge in [0.1, 0.15) is 0 Å². The van der Waals surface area contributed by atoms with Crippen molar-refractivity contribution < 1.29 is 9.59 Å². The van der Waals surface area contributed by atoms with Gasteiger partial charge in [0.25, 0.3) is 0 Å². The average molecular weight is 343 g/mol. The highest BCUT2D eigenvalue weighted by molar-refractivity contribution is 5.82. The van der Waals surface area contributed by atoms with Gasteiger partial charge in [-0.25, -0.2) is 0 Å². The molecule has 2 fully saturated rings. The minimum absolute atomic E-state index is 0.0251. The van der Waals surface area contributed by atoms with Gasteiger partial charge < -0.3 is 15.5 Å². The second kappa shape index (κ2) is 8.48. The largest absolute Gasteiger partial charge is 0.354 e. The number of hydrogen-bond acceptors (Lipinski definition) is 3. The fourth-order valence-electron chi connectivity index (χ4n) is 3.73. The van der Waals surface area contributed by atoms with Crippen LogP contribution in [-0.2, 0) is 16.0 Å². The molecule has 0 aromatic heterocycles. The second-order valence-corrected chi connectivity index (χ2v) is 7.40. The van der Waals surface area contributed by atoms with Crippen LogP contribution < -0.4 is 10.6 Å². The minimum Gasteiger partial charge on any atom is -0.354 e. The average Bonchev–Trinajstić information content (AvgIpc) is 3.16. The molecular formula is C20H29N3O2. The molecular weight excluding hydrogens is 314 g/mol. The van der Waals surface area contributed by atoms with Crippen molar-refractivity contribution in [2.45, 2.75) is 45.1 Å². The van der Waals surface area contributed by atoms with Crippen LogP contribution >= 0.6 is 0 Å². The first-order valence-electron chi connectivity index (χ1n) is 9.46. The molecule has 0 saturated carbocycles. The van der Waals surface area contributed by atoms with Gasteiger partial charge in [-0.1, -0.05) is 29.8 Å². The van der Waals surface area contributed by atoms with Crippen LogP contribution in [0.3, 0.4) is 0 Å². The zero-order valence-corrected chi connectivity index (χ0v) is 15.1. The lowest BCUT2D eigenvalue weighted by molar-refractivity contribution is -0.132. The second-order valence-electron chi connectivity index (χ2n) is 7.40. The van der Waals surface area contributed by atoms with E-state index in [-0.39, 0.29) is 17.9 Å². The van der Waals surface area contributed by atoms with Gasteiger partial charge >= 0.3 is 0 Å². The van der Waals surface area contributed by atoms with Gasteiger partial charge in [0.05, 0.1) is 12.5 Å². The molecule has 0 unspecified atom stereocenters. The van der Waals surface area contributed by atoms with E-state index in [4.69, 9.17) is 0 Å². The van der Waals surface area contributed by atoms with Crippen LogP contribution in [0.5, 0.6) is 0 Å². The van der Waals surface area contributed by atoms with Crippen LogP contribution in [-0.4, -0.2) is 48.9 Å². The van der Waals surface area contributed by atoms with Crippen molar-refractivity contribution >= 4 is 11.8 Å². The molecule has 2 aliphatic rings. The van der Waals surface area contributed by atoms with Crippen molar-refractivity contribution in [3.63, 3.8) is 0 Å². The Bertz CT molecular complexity index is 593. The van der Waals surface area contributed by atoms with Gasteiger partial charge in [0.15, 0.2) is 0 Å². The van der Waals surface area contributed by atoms with Crippen LogP contribution in [0.25, 0.3) is 0 Å². The Kier molecular flexibility index (Phi) is 6.08. The lowest BCUT2D eigenvalue weighted by Gasteiger charge is -2.33. The first kappa shape index (κ1) is 17.9. The fourth-order valence-corrected chi connectivity index (χ4v) is 3.73. The Morgan fingerprint density at radius 1 is 1.20 bits per heavy atom. The van der Waals surface area contributed by atoms with Crippen molar-refractivity contribution in [2.75, 3.05) is 26.2 Å². The standard InChI is InChI=1S/C20H29N3O2/c1-15-6-8-16(9-7-15)12-19(24)23-11-3-4-17(14-23)13-22-20(25)18-5-2-10-21-18/h6-9,17-18,21H,2-5,10-14H2,1H3,(H,22,25)/t17-,18-/m1/s1. The van der Waals surface area contributed by atoms with Gasteiger partial charge in [-0.15, -0.1) is 0 Å². The van der Waals surface area contributed by atoms with Gasteiger partial charge in [0.2, 0.25) is 11.8 Å². The van der Waals surface area contributed by atoms with Crippen molar-refractivity contribution in [3.8, 4) is 0 Å². The van der Waals surface area contributed by atoms with E-state index in [0.717, 1.165) is 50.9 Å². The quantitative estimate of drug-likeness (QED) is 0.854. The molecule has 2 amide bonds. The Morgan fingerprint density at radius 3 is 2.72 bits per heavy atom. The number of rotatable bonds is 5. The number of benzene rings is 1. The number of aryl methyl sites for hydroxylation is 1. The molecule has 2 aliphatic heterocycles. The fraction of sp³-hybridized carbons (Fsp3) is 0.600. The van der Waals surface area contributed by atoms with Gasteiger partial charge in [-0.2, -0.15) is 0 Å². The summed E-state index contributed by atoms with van der Waals surface area (Å²) < 4.78 is 0. The monoisotopic (exact) mass is 343 g/mol. The third-order valence-corrected chi connectivity index (χ3v) is 5.29. The number of nitrogens with zero attached hydrogens (tertiary/aromatic N) is 1. The van der Waals surface area contributed by atoms with E-state index in [9.17, 15) is 9.59 Å². The smallest absolute Gasteiger partial charge is 0.237 e. The molecule has 136 valence electrons. The minimum atomic E-state index is -0.0251. The van der Waals surface area contributed by atoms with E-state index < -0.39 is 0 Å². The summed E-state index contributed by atoms with van der Waals surface area (Å²) in [6, 6.07) is 8.14. The normalized spacial score (nSPS) is 23.5. The zero-order valence-electron chi connectivity index (χ0n) is 15.1. The molecule has 25 heavy (non-hydrogen) atoms. The molecule has 2 atom stereocenters. The molecule has 2 saturated heterocycles. The molecule has 2 N–H and O–H groups in total. The molecule has 0 radical (unpaired) electrons. The number of amides is 2. The van der Waals surface area contributed by atoms with Crippen LogP contribution in [0.4, 0.5) is 0 Å². The molecule has 5 nitrogen and oxygen atoms in total. The van der Waals surface area contributed by atoms with Crippen LogP contribution in [0.15, 0.2) is 24.3 Å². The van der Waals surface area contributed by atoms with Crippen molar-refractivity contribution in [3.05, 3.63) is 35.4 Å². The maximum atomic E-state index is 12.6. The molecule has 1 aromatic carbocycles. The summed E-state index contributed by atoms with van der Waals surface area (Å²) in [5.74, 6) is 0.666. The Hall–Kier alpha value is -1.88. The Labute approximate surface area is 150 Å².